The van der Waals surface area contributed by atoms with E-state index in [1.165, 1.54) is 19.1 Å². The van der Waals surface area contributed by atoms with Gasteiger partial charge in [0.25, 0.3) is 5.69 Å². The van der Waals surface area contributed by atoms with Crippen LogP contribution in [-0.2, 0) is 20.2 Å². The van der Waals surface area contributed by atoms with Crippen LogP contribution in [0.25, 0.3) is 0 Å². The molecule has 0 heterocycles. The Balaban J connectivity index is 2.13. The molecular weight excluding hydrogens is 446 g/mol. The quantitative estimate of drug-likeness (QED) is 0.335. The van der Waals surface area contributed by atoms with Crippen molar-refractivity contribution in [2.75, 3.05) is 23.7 Å². The molecule has 0 spiro atoms. The van der Waals surface area contributed by atoms with Crippen molar-refractivity contribution in [2.45, 2.75) is 46.1 Å². The van der Waals surface area contributed by atoms with Crippen molar-refractivity contribution in [1.82, 2.24) is 5.32 Å². The third-order valence-corrected chi connectivity index (χ3v) is 6.31. The lowest BCUT2D eigenvalue weighted by Gasteiger charge is -2.29. The first-order valence-corrected chi connectivity index (χ1v) is 12.3. The SMILES string of the molecule is Cc1ccc([N+](=O)[O-])cc1N(C(C)C(=O)NCCOc1ccccc1C(C)(C)C)S(C)(=O)=O. The minimum Gasteiger partial charge on any atom is -0.491 e. The van der Waals surface area contributed by atoms with Crippen LogP contribution in [0.15, 0.2) is 42.5 Å². The molecule has 0 aromatic heterocycles. The molecule has 2 aromatic carbocycles. The molecule has 0 saturated carbocycles. The van der Waals surface area contributed by atoms with E-state index in [1.807, 2.05) is 24.3 Å². The monoisotopic (exact) mass is 477 g/mol. The molecule has 180 valence electrons. The molecule has 1 N–H and O–H groups in total. The molecule has 1 amide bonds. The molecule has 10 heteroatoms. The Morgan fingerprint density at radius 3 is 2.42 bits per heavy atom. The van der Waals surface area contributed by atoms with Crippen LogP contribution in [0.4, 0.5) is 11.4 Å². The van der Waals surface area contributed by atoms with E-state index in [4.69, 9.17) is 4.74 Å². The lowest BCUT2D eigenvalue weighted by molar-refractivity contribution is -0.384. The van der Waals surface area contributed by atoms with Crippen LogP contribution in [0.2, 0.25) is 0 Å². The maximum atomic E-state index is 12.8. The number of para-hydroxylation sites is 1. The number of aryl methyl sites for hydroxylation is 1. The van der Waals surface area contributed by atoms with E-state index in [2.05, 4.69) is 26.1 Å². The van der Waals surface area contributed by atoms with Gasteiger partial charge >= 0.3 is 0 Å². The number of sulfonamides is 1. The van der Waals surface area contributed by atoms with E-state index < -0.39 is 26.9 Å². The van der Waals surface area contributed by atoms with E-state index in [0.717, 1.165) is 27.9 Å². The average Bonchev–Trinajstić information content (AvgIpc) is 2.70. The fraction of sp³-hybridized carbons (Fsp3) is 0.435. The molecule has 2 rings (SSSR count). The summed E-state index contributed by atoms with van der Waals surface area (Å²) in [6, 6.07) is 10.4. The number of carbonyl (C=O) groups is 1. The zero-order valence-corrected chi connectivity index (χ0v) is 20.6. The minimum atomic E-state index is -3.90. The average molecular weight is 478 g/mol. The highest BCUT2D eigenvalue weighted by Crippen LogP contribution is 2.31. The van der Waals surface area contributed by atoms with Gasteiger partial charge in [0.05, 0.1) is 23.4 Å². The Kier molecular flexibility index (Phi) is 8.07. The van der Waals surface area contributed by atoms with Crippen molar-refractivity contribution in [3.8, 4) is 5.75 Å². The molecule has 1 unspecified atom stereocenters. The molecule has 0 aliphatic heterocycles. The molecule has 1 atom stereocenters. The number of carbonyl (C=O) groups excluding carboxylic acids is 1. The van der Waals surface area contributed by atoms with Crippen LogP contribution in [0.3, 0.4) is 0 Å². The lowest BCUT2D eigenvalue weighted by atomic mass is 9.86. The first-order chi connectivity index (χ1) is 15.2. The number of rotatable bonds is 9. The van der Waals surface area contributed by atoms with Crippen molar-refractivity contribution in [3.63, 3.8) is 0 Å². The number of non-ortho nitro benzene ring substituents is 1. The van der Waals surface area contributed by atoms with Crippen LogP contribution < -0.4 is 14.4 Å². The Hall–Kier alpha value is -3.14. The summed E-state index contributed by atoms with van der Waals surface area (Å²) in [5.74, 6) is 0.177. The van der Waals surface area contributed by atoms with Crippen LogP contribution in [0.5, 0.6) is 5.75 Å². The number of anilines is 1. The number of nitrogens with zero attached hydrogens (tertiary/aromatic N) is 2. The highest BCUT2D eigenvalue weighted by molar-refractivity contribution is 7.92. The third kappa shape index (κ3) is 6.67. The predicted octanol–water partition coefficient (Wildman–Crippen LogP) is 3.55. The van der Waals surface area contributed by atoms with Gasteiger partial charge in [0, 0.05) is 12.1 Å². The summed E-state index contributed by atoms with van der Waals surface area (Å²) in [5, 5.41) is 13.8. The number of hydrogen-bond donors (Lipinski definition) is 1. The van der Waals surface area contributed by atoms with Gasteiger partial charge in [-0.2, -0.15) is 0 Å². The minimum absolute atomic E-state index is 0.0877. The van der Waals surface area contributed by atoms with E-state index in [1.54, 1.807) is 6.92 Å². The summed E-state index contributed by atoms with van der Waals surface area (Å²) < 4.78 is 31.8. The fourth-order valence-corrected chi connectivity index (χ4v) is 4.65. The highest BCUT2D eigenvalue weighted by Gasteiger charge is 2.31. The summed E-state index contributed by atoms with van der Waals surface area (Å²) in [7, 11) is -3.90. The van der Waals surface area contributed by atoms with Crippen molar-refractivity contribution in [2.24, 2.45) is 0 Å². The third-order valence-electron chi connectivity index (χ3n) is 5.08. The second-order valence-electron chi connectivity index (χ2n) is 8.85. The number of nitro benzene ring substituents is 1. The van der Waals surface area contributed by atoms with Gasteiger partial charge in [-0.05, 0) is 36.5 Å². The number of benzene rings is 2. The first kappa shape index (κ1) is 26.1. The molecular formula is C23H31N3O6S. The number of nitro groups is 1. The number of ether oxygens (including phenoxy) is 1. The van der Waals surface area contributed by atoms with Gasteiger partial charge in [-0.3, -0.25) is 19.2 Å². The highest BCUT2D eigenvalue weighted by atomic mass is 32.2. The molecule has 2 aromatic rings. The summed E-state index contributed by atoms with van der Waals surface area (Å²) in [4.78, 5) is 23.3. The van der Waals surface area contributed by atoms with Gasteiger partial charge < -0.3 is 10.1 Å². The van der Waals surface area contributed by atoms with Gasteiger partial charge in [0.1, 0.15) is 18.4 Å². The Labute approximate surface area is 195 Å². The van der Waals surface area contributed by atoms with Crippen molar-refractivity contribution >= 4 is 27.3 Å². The lowest BCUT2D eigenvalue weighted by Crippen LogP contribution is -2.48. The standard InChI is InChI=1S/C23H31N3O6S/c1-16-11-12-18(26(28)29)15-20(16)25(33(6,30)31)17(2)22(27)24-13-14-32-21-10-8-7-9-19(21)23(3,4)5/h7-12,15,17H,13-14H2,1-6H3,(H,24,27). The summed E-state index contributed by atoms with van der Waals surface area (Å²) in [6.45, 7) is 9.65. The van der Waals surface area contributed by atoms with E-state index in [-0.39, 0.29) is 29.9 Å². The normalized spacial score (nSPS) is 12.7. The van der Waals surface area contributed by atoms with E-state index in [9.17, 15) is 23.3 Å². The van der Waals surface area contributed by atoms with E-state index >= 15 is 0 Å². The Bertz CT molecular complexity index is 1130. The molecule has 0 aliphatic rings. The zero-order valence-electron chi connectivity index (χ0n) is 19.8. The van der Waals surface area contributed by atoms with Gasteiger partial charge in [-0.25, -0.2) is 8.42 Å². The second-order valence-corrected chi connectivity index (χ2v) is 10.7. The van der Waals surface area contributed by atoms with Gasteiger partial charge in [0.15, 0.2) is 0 Å². The molecule has 0 fully saturated rings. The molecule has 0 saturated heterocycles. The van der Waals surface area contributed by atoms with Crippen LogP contribution >= 0.6 is 0 Å². The van der Waals surface area contributed by atoms with Crippen LogP contribution in [0.1, 0.15) is 38.8 Å². The number of hydrogen-bond acceptors (Lipinski definition) is 6. The maximum Gasteiger partial charge on any atom is 0.271 e. The summed E-state index contributed by atoms with van der Waals surface area (Å²) >= 11 is 0. The Morgan fingerprint density at radius 2 is 1.85 bits per heavy atom. The largest absolute Gasteiger partial charge is 0.491 e. The topological polar surface area (TPSA) is 119 Å². The number of nitrogens with one attached hydrogen (secondary N) is 1. The molecule has 0 bridgehead atoms. The maximum absolute atomic E-state index is 12.8. The van der Waals surface area contributed by atoms with Gasteiger partial charge in [0.2, 0.25) is 15.9 Å². The molecule has 0 radical (unpaired) electrons. The zero-order chi connectivity index (χ0) is 25.0. The van der Waals surface area contributed by atoms with Crippen molar-refractivity contribution in [3.05, 3.63) is 63.7 Å². The van der Waals surface area contributed by atoms with E-state index in [0.29, 0.717) is 5.56 Å². The second kappa shape index (κ2) is 10.2. The van der Waals surface area contributed by atoms with Crippen molar-refractivity contribution in [1.29, 1.82) is 0 Å². The molecule has 0 aliphatic carbocycles. The number of amides is 1. The predicted molar refractivity (Wildman–Crippen MR) is 128 cm³/mol. The van der Waals surface area contributed by atoms with Crippen LogP contribution in [0, 0.1) is 17.0 Å². The first-order valence-electron chi connectivity index (χ1n) is 10.5. The summed E-state index contributed by atoms with van der Waals surface area (Å²) in [5.41, 5.74) is 1.25. The summed E-state index contributed by atoms with van der Waals surface area (Å²) in [6.07, 6.45) is 0.960. The van der Waals surface area contributed by atoms with Gasteiger partial charge in [-0.1, -0.05) is 45.0 Å². The van der Waals surface area contributed by atoms with Crippen LogP contribution in [-0.4, -0.2) is 44.7 Å². The smallest absolute Gasteiger partial charge is 0.271 e. The fourth-order valence-electron chi connectivity index (χ4n) is 3.42. The molecule has 9 nitrogen and oxygen atoms in total. The Morgan fingerprint density at radius 1 is 1.21 bits per heavy atom. The molecule has 33 heavy (non-hydrogen) atoms. The van der Waals surface area contributed by atoms with Gasteiger partial charge in [-0.15, -0.1) is 0 Å². The van der Waals surface area contributed by atoms with Crippen molar-refractivity contribution < 1.29 is 22.9 Å².